The van der Waals surface area contributed by atoms with Crippen LogP contribution in [-0.2, 0) is 15.6 Å². The maximum atomic E-state index is 12.3. The number of alkyl halides is 1. The number of carbonyl (C=O) groups excluding carboxylic acids is 1. The summed E-state index contributed by atoms with van der Waals surface area (Å²) in [5, 5.41) is 21.8. The molecule has 4 rings (SSSR count). The summed E-state index contributed by atoms with van der Waals surface area (Å²) in [5.74, 6) is 1.27. The third kappa shape index (κ3) is 2.54. The quantitative estimate of drug-likeness (QED) is 0.287. The molecular weight excluding hydrogens is 451 g/mol. The molecule has 0 amide bonds. The monoisotopic (exact) mass is 482 g/mol. The van der Waals surface area contributed by atoms with E-state index < -0.39 is 0 Å². The molecule has 1 aromatic carbocycles. The first-order valence-electron chi connectivity index (χ1n) is 10.4. The van der Waals surface area contributed by atoms with Crippen molar-refractivity contribution in [1.29, 1.82) is 0 Å². The second-order valence-corrected chi connectivity index (χ2v) is 10.9. The number of carbonyl (C=O) groups is 1. The molecule has 27 heavy (non-hydrogen) atoms. The van der Waals surface area contributed by atoms with Crippen LogP contribution in [-0.4, -0.2) is 20.4 Å². The maximum Gasteiger partial charge on any atom is 0.137 e. The van der Waals surface area contributed by atoms with Crippen LogP contribution >= 0.6 is 22.6 Å². The van der Waals surface area contributed by atoms with Gasteiger partial charge in [0.15, 0.2) is 0 Å². The van der Waals surface area contributed by atoms with Gasteiger partial charge in [0.1, 0.15) is 17.3 Å². The molecule has 0 heterocycles. The lowest BCUT2D eigenvalue weighted by molar-refractivity contribution is -0.126. The highest BCUT2D eigenvalue weighted by atomic mass is 127. The minimum atomic E-state index is -0.314. The lowest BCUT2D eigenvalue weighted by Crippen LogP contribution is -2.31. The van der Waals surface area contributed by atoms with Gasteiger partial charge in [-0.2, -0.15) is 0 Å². The fraction of sp³-hybridized carbons (Fsp3) is 0.696. The first-order chi connectivity index (χ1) is 12.7. The Morgan fingerprint density at radius 2 is 1.78 bits per heavy atom. The standard InChI is InChI=1S/C23H31IO3/c1-21(2,8-6-4-5-7-9-24)14-10-16(25)20(17(26)11-14)23-13-18(27)15-12-19(23)22(15,23)3/h10-11,15,19,25-26H,4-9,12-13H2,1-3H3/t15?,19?,22-,23+/m0/s1. The molecule has 3 saturated carbocycles. The third-order valence-corrected chi connectivity index (χ3v) is 9.01. The van der Waals surface area contributed by atoms with Crippen LogP contribution in [0.3, 0.4) is 0 Å². The van der Waals surface area contributed by atoms with Crippen molar-refractivity contribution in [2.75, 3.05) is 4.43 Å². The Balaban J connectivity index is 1.56. The van der Waals surface area contributed by atoms with Gasteiger partial charge in [0.25, 0.3) is 0 Å². The Morgan fingerprint density at radius 1 is 1.15 bits per heavy atom. The van der Waals surface area contributed by atoms with E-state index in [1.54, 1.807) is 0 Å². The van der Waals surface area contributed by atoms with Crippen molar-refractivity contribution in [3.05, 3.63) is 23.3 Å². The van der Waals surface area contributed by atoms with Gasteiger partial charge >= 0.3 is 0 Å². The highest BCUT2D eigenvalue weighted by Crippen LogP contribution is 2.89. The minimum absolute atomic E-state index is 0.0330. The molecule has 2 N–H and O–H groups in total. The number of hydrogen-bond donors (Lipinski definition) is 2. The first kappa shape index (κ1) is 19.5. The number of aromatic hydroxyl groups is 2. The molecule has 3 fully saturated rings. The van der Waals surface area contributed by atoms with Crippen molar-refractivity contribution >= 4 is 28.4 Å². The van der Waals surface area contributed by atoms with Crippen LogP contribution in [0.15, 0.2) is 12.1 Å². The summed E-state index contributed by atoms with van der Waals surface area (Å²) in [6, 6.07) is 3.71. The van der Waals surface area contributed by atoms with Crippen LogP contribution < -0.4 is 0 Å². The smallest absolute Gasteiger partial charge is 0.137 e. The summed E-state index contributed by atoms with van der Waals surface area (Å²) < 4.78 is 1.22. The summed E-state index contributed by atoms with van der Waals surface area (Å²) in [4.78, 5) is 12.3. The van der Waals surface area contributed by atoms with Gasteiger partial charge in [-0.1, -0.05) is 62.6 Å². The average molecular weight is 482 g/mol. The summed E-state index contributed by atoms with van der Waals surface area (Å²) in [6.07, 6.45) is 7.39. The number of rotatable bonds is 8. The molecular formula is C23H31IO3. The summed E-state index contributed by atoms with van der Waals surface area (Å²) in [7, 11) is 0. The molecule has 3 aliphatic rings. The Hall–Kier alpha value is -0.780. The van der Waals surface area contributed by atoms with Gasteiger partial charge in [-0.3, -0.25) is 4.79 Å². The number of benzene rings is 1. The molecule has 0 spiro atoms. The number of ketones is 1. The zero-order chi connectivity index (χ0) is 19.6. The Labute approximate surface area is 176 Å². The zero-order valence-electron chi connectivity index (χ0n) is 16.6. The number of fused-ring (bicyclic) bond motifs is 1. The molecule has 3 aliphatic carbocycles. The van der Waals surface area contributed by atoms with Crippen LogP contribution in [0.2, 0.25) is 0 Å². The van der Waals surface area contributed by atoms with E-state index in [9.17, 15) is 15.0 Å². The summed E-state index contributed by atoms with van der Waals surface area (Å²) >= 11 is 2.43. The summed E-state index contributed by atoms with van der Waals surface area (Å²) in [5.41, 5.74) is 1.20. The van der Waals surface area contributed by atoms with E-state index in [0.717, 1.165) is 24.8 Å². The van der Waals surface area contributed by atoms with Gasteiger partial charge in [-0.05, 0) is 58.1 Å². The van der Waals surface area contributed by atoms with Gasteiger partial charge in [-0.25, -0.2) is 0 Å². The van der Waals surface area contributed by atoms with E-state index >= 15 is 0 Å². The van der Waals surface area contributed by atoms with Crippen molar-refractivity contribution in [2.24, 2.45) is 17.3 Å². The second kappa shape index (κ2) is 6.36. The number of unbranched alkanes of at least 4 members (excludes halogenated alkanes) is 3. The van der Waals surface area contributed by atoms with Crippen LogP contribution in [0.1, 0.15) is 76.8 Å². The molecule has 1 aromatic rings. The molecule has 148 valence electrons. The van der Waals surface area contributed by atoms with Crippen molar-refractivity contribution in [3.63, 3.8) is 0 Å². The van der Waals surface area contributed by atoms with Gasteiger partial charge in [-0.15, -0.1) is 0 Å². The Morgan fingerprint density at radius 3 is 2.30 bits per heavy atom. The lowest BCUT2D eigenvalue weighted by atomic mass is 9.73. The Bertz CT molecular complexity index is 763. The fourth-order valence-electron chi connectivity index (χ4n) is 6.47. The molecule has 0 radical (unpaired) electrons. The van der Waals surface area contributed by atoms with E-state index in [0.29, 0.717) is 23.7 Å². The number of halogens is 1. The van der Waals surface area contributed by atoms with Gasteiger partial charge < -0.3 is 10.2 Å². The molecule has 3 nitrogen and oxygen atoms in total. The normalized spacial score (nSPS) is 33.7. The molecule has 0 aliphatic heterocycles. The van der Waals surface area contributed by atoms with E-state index in [2.05, 4.69) is 43.4 Å². The highest BCUT2D eigenvalue weighted by molar-refractivity contribution is 14.1. The van der Waals surface area contributed by atoms with Crippen LogP contribution in [0.25, 0.3) is 0 Å². The predicted octanol–water partition coefficient (Wildman–Crippen LogP) is 5.63. The molecule has 0 saturated heterocycles. The van der Waals surface area contributed by atoms with Gasteiger partial charge in [0, 0.05) is 23.3 Å². The number of phenols is 2. The van der Waals surface area contributed by atoms with Gasteiger partial charge in [0.2, 0.25) is 0 Å². The van der Waals surface area contributed by atoms with E-state index in [1.807, 2.05) is 12.1 Å². The van der Waals surface area contributed by atoms with Crippen LogP contribution in [0, 0.1) is 17.3 Å². The maximum absolute atomic E-state index is 12.3. The minimum Gasteiger partial charge on any atom is -0.507 e. The number of hydrogen-bond acceptors (Lipinski definition) is 3. The topological polar surface area (TPSA) is 57.5 Å². The molecule has 4 heteroatoms. The highest BCUT2D eigenvalue weighted by Gasteiger charge is 2.89. The molecule has 0 bridgehead atoms. The molecule has 0 aromatic heterocycles. The van der Waals surface area contributed by atoms with Crippen molar-refractivity contribution in [2.45, 2.75) is 76.5 Å². The zero-order valence-corrected chi connectivity index (χ0v) is 18.8. The first-order valence-corrected chi connectivity index (χ1v) is 11.9. The third-order valence-electron chi connectivity index (χ3n) is 8.24. The van der Waals surface area contributed by atoms with Gasteiger partial charge in [0.05, 0.1) is 0 Å². The number of phenolic OH excluding ortho intramolecular Hbond substituents is 2. The second-order valence-electron chi connectivity index (χ2n) is 9.86. The van der Waals surface area contributed by atoms with Crippen molar-refractivity contribution < 1.29 is 15.0 Å². The lowest BCUT2D eigenvalue weighted by Gasteiger charge is -2.30. The SMILES string of the molecule is CC(C)(CCCCCCI)c1cc(O)c([C@@]23CC(=O)C4CC2[C@]43C)c(O)c1. The van der Waals surface area contributed by atoms with Crippen molar-refractivity contribution in [1.82, 2.24) is 0 Å². The Kier molecular flexibility index (Phi) is 4.60. The summed E-state index contributed by atoms with van der Waals surface area (Å²) in [6.45, 7) is 6.55. The molecule has 4 atom stereocenters. The van der Waals surface area contributed by atoms with E-state index in [4.69, 9.17) is 0 Å². The van der Waals surface area contributed by atoms with E-state index in [-0.39, 0.29) is 33.7 Å². The van der Waals surface area contributed by atoms with Crippen LogP contribution in [0.5, 0.6) is 11.5 Å². The van der Waals surface area contributed by atoms with Crippen LogP contribution in [0.4, 0.5) is 0 Å². The fourth-order valence-corrected chi connectivity index (χ4v) is 7.01. The largest absolute Gasteiger partial charge is 0.507 e. The average Bonchev–Trinajstić information content (AvgIpc) is 2.88. The number of Topliss-reactive ketones (excluding diaryl/α,β-unsaturated/α-hetero) is 1. The van der Waals surface area contributed by atoms with Crippen molar-refractivity contribution in [3.8, 4) is 11.5 Å². The molecule has 2 unspecified atom stereocenters. The van der Waals surface area contributed by atoms with E-state index in [1.165, 1.54) is 23.7 Å². The predicted molar refractivity (Wildman–Crippen MR) is 116 cm³/mol.